The maximum atomic E-state index is 12.2. The summed E-state index contributed by atoms with van der Waals surface area (Å²) in [6, 6.07) is 10.6. The third-order valence-corrected chi connectivity index (χ3v) is 4.75. The molecule has 0 saturated carbocycles. The van der Waals surface area contributed by atoms with Crippen LogP contribution in [0.25, 0.3) is 11.5 Å². The molecule has 12 heteroatoms. The molecule has 3 rings (SSSR count). The monoisotopic (exact) mass is 447 g/mol. The lowest BCUT2D eigenvalue weighted by atomic mass is 10.2. The number of carbonyl (C=O) groups excluding carboxylic acids is 2. The highest BCUT2D eigenvalue weighted by atomic mass is 35.5. The van der Waals surface area contributed by atoms with Crippen LogP contribution < -0.4 is 10.6 Å². The molecule has 2 N–H and O–H groups in total. The molecule has 0 fully saturated rings. The van der Waals surface area contributed by atoms with E-state index < -0.39 is 10.8 Å². The van der Waals surface area contributed by atoms with Crippen LogP contribution in [0.2, 0.25) is 5.02 Å². The number of benzene rings is 2. The summed E-state index contributed by atoms with van der Waals surface area (Å²) < 4.78 is 5.54. The summed E-state index contributed by atoms with van der Waals surface area (Å²) >= 11 is 6.96. The van der Waals surface area contributed by atoms with E-state index in [1.54, 1.807) is 24.3 Å². The van der Waals surface area contributed by atoms with Gasteiger partial charge in [-0.2, -0.15) is 0 Å². The normalized spacial score (nSPS) is 10.5. The summed E-state index contributed by atoms with van der Waals surface area (Å²) in [5.41, 5.74) is 1.14. The van der Waals surface area contributed by atoms with Crippen LogP contribution in [0, 0.1) is 10.1 Å². The zero-order valence-electron chi connectivity index (χ0n) is 15.4. The largest absolute Gasteiger partial charge is 0.411 e. The maximum Gasteiger partial charge on any atom is 0.277 e. The van der Waals surface area contributed by atoms with Gasteiger partial charge in [0.2, 0.25) is 17.7 Å². The summed E-state index contributed by atoms with van der Waals surface area (Å²) in [7, 11) is 0. The van der Waals surface area contributed by atoms with Gasteiger partial charge >= 0.3 is 0 Å². The van der Waals surface area contributed by atoms with E-state index in [1.807, 2.05) is 0 Å². The number of nitrogens with one attached hydrogen (secondary N) is 2. The first-order valence-corrected chi connectivity index (χ1v) is 9.76. The van der Waals surface area contributed by atoms with Gasteiger partial charge in [-0.1, -0.05) is 29.4 Å². The first-order chi connectivity index (χ1) is 14.3. The summed E-state index contributed by atoms with van der Waals surface area (Å²) in [6.45, 7) is 1.40. The SMILES string of the molecule is CC(=O)Nc1cccc(-c2nnc(SCC(=O)Nc3cc([N+](=O)[O-])ccc3Cl)o2)c1. The molecule has 0 aliphatic rings. The van der Waals surface area contributed by atoms with Crippen molar-refractivity contribution >= 4 is 52.2 Å². The zero-order chi connectivity index (χ0) is 21.7. The minimum atomic E-state index is -0.582. The van der Waals surface area contributed by atoms with E-state index in [4.69, 9.17) is 16.0 Å². The zero-order valence-corrected chi connectivity index (χ0v) is 17.0. The van der Waals surface area contributed by atoms with Gasteiger partial charge in [0, 0.05) is 30.3 Å². The van der Waals surface area contributed by atoms with Crippen LogP contribution in [0.3, 0.4) is 0 Å². The Balaban J connectivity index is 1.62. The number of rotatable bonds is 7. The third-order valence-electron chi connectivity index (χ3n) is 3.60. The van der Waals surface area contributed by atoms with Crippen molar-refractivity contribution in [2.45, 2.75) is 12.1 Å². The molecule has 0 atom stereocenters. The molecule has 3 aromatic rings. The lowest BCUT2D eigenvalue weighted by Crippen LogP contribution is -2.14. The Hall–Kier alpha value is -3.44. The molecule has 0 unspecified atom stereocenters. The van der Waals surface area contributed by atoms with Gasteiger partial charge in [0.05, 0.1) is 21.4 Å². The van der Waals surface area contributed by atoms with Gasteiger partial charge in [0.1, 0.15) is 0 Å². The van der Waals surface area contributed by atoms with Gasteiger partial charge in [0.15, 0.2) is 0 Å². The summed E-state index contributed by atoms with van der Waals surface area (Å²) in [5, 5.41) is 24.2. The molecule has 154 valence electrons. The van der Waals surface area contributed by atoms with Crippen LogP contribution >= 0.6 is 23.4 Å². The smallest absolute Gasteiger partial charge is 0.277 e. The number of nitro groups is 1. The predicted octanol–water partition coefficient (Wildman–Crippen LogP) is 3.99. The first-order valence-electron chi connectivity index (χ1n) is 8.40. The molecular formula is C18H14ClN5O5S. The number of halogens is 1. The lowest BCUT2D eigenvalue weighted by molar-refractivity contribution is -0.384. The number of hydrogen-bond acceptors (Lipinski definition) is 8. The summed E-state index contributed by atoms with van der Waals surface area (Å²) in [5.74, 6) is -0.502. The maximum absolute atomic E-state index is 12.2. The van der Waals surface area contributed by atoms with Crippen molar-refractivity contribution in [2.24, 2.45) is 0 Å². The number of nitrogens with zero attached hydrogens (tertiary/aromatic N) is 3. The molecule has 10 nitrogen and oxygen atoms in total. The topological polar surface area (TPSA) is 140 Å². The van der Waals surface area contributed by atoms with Crippen molar-refractivity contribution in [1.82, 2.24) is 10.2 Å². The van der Waals surface area contributed by atoms with E-state index in [2.05, 4.69) is 20.8 Å². The molecule has 0 bridgehead atoms. The highest BCUT2D eigenvalue weighted by Crippen LogP contribution is 2.28. The highest BCUT2D eigenvalue weighted by Gasteiger charge is 2.15. The van der Waals surface area contributed by atoms with Crippen LogP contribution in [-0.2, 0) is 9.59 Å². The second-order valence-corrected chi connectivity index (χ2v) is 7.23. The Morgan fingerprint density at radius 2 is 2.00 bits per heavy atom. The van der Waals surface area contributed by atoms with E-state index in [0.717, 1.165) is 11.8 Å². The van der Waals surface area contributed by atoms with Gasteiger partial charge in [0.25, 0.3) is 10.9 Å². The minimum absolute atomic E-state index is 0.0768. The Morgan fingerprint density at radius 3 is 2.73 bits per heavy atom. The molecule has 0 spiro atoms. The number of nitro benzene ring substituents is 1. The van der Waals surface area contributed by atoms with Crippen molar-refractivity contribution in [1.29, 1.82) is 0 Å². The fourth-order valence-corrected chi connectivity index (χ4v) is 3.08. The third kappa shape index (κ3) is 5.55. The Bertz CT molecular complexity index is 1120. The average molecular weight is 448 g/mol. The van der Waals surface area contributed by atoms with Crippen LogP contribution in [0.1, 0.15) is 6.92 Å². The van der Waals surface area contributed by atoms with Gasteiger partial charge in [-0.3, -0.25) is 19.7 Å². The number of thioether (sulfide) groups is 1. The molecule has 0 aliphatic heterocycles. The molecule has 0 saturated heterocycles. The fourth-order valence-electron chi connectivity index (χ4n) is 2.35. The number of anilines is 2. The predicted molar refractivity (Wildman–Crippen MR) is 111 cm³/mol. The Kier molecular flexibility index (Phi) is 6.65. The lowest BCUT2D eigenvalue weighted by Gasteiger charge is -2.06. The molecular weight excluding hydrogens is 434 g/mol. The number of carbonyl (C=O) groups is 2. The summed E-state index contributed by atoms with van der Waals surface area (Å²) in [4.78, 5) is 33.6. The van der Waals surface area contributed by atoms with Crippen LogP contribution in [0.5, 0.6) is 0 Å². The van der Waals surface area contributed by atoms with E-state index in [1.165, 1.54) is 25.1 Å². The van der Waals surface area contributed by atoms with Crippen molar-refractivity contribution in [2.75, 3.05) is 16.4 Å². The second-order valence-electron chi connectivity index (χ2n) is 5.89. The number of amides is 2. The molecule has 1 aromatic heterocycles. The van der Waals surface area contributed by atoms with E-state index in [0.29, 0.717) is 11.3 Å². The van der Waals surface area contributed by atoms with Crippen molar-refractivity contribution in [3.8, 4) is 11.5 Å². The van der Waals surface area contributed by atoms with Crippen LogP contribution in [-0.4, -0.2) is 32.7 Å². The quantitative estimate of drug-likeness (QED) is 0.314. The summed E-state index contributed by atoms with van der Waals surface area (Å²) in [6.07, 6.45) is 0. The minimum Gasteiger partial charge on any atom is -0.411 e. The van der Waals surface area contributed by atoms with Crippen molar-refractivity contribution in [3.05, 3.63) is 57.6 Å². The standard InChI is InChI=1S/C18H14ClN5O5S/c1-10(25)20-12-4-2-3-11(7-12)17-22-23-18(29-17)30-9-16(26)21-15-8-13(24(27)28)5-6-14(15)19/h2-8H,9H2,1H3,(H,20,25)(H,21,26). The number of hydrogen-bond donors (Lipinski definition) is 2. The first kappa shape index (κ1) is 21.3. The molecule has 30 heavy (non-hydrogen) atoms. The van der Waals surface area contributed by atoms with Gasteiger partial charge in [-0.15, -0.1) is 10.2 Å². The number of aromatic nitrogens is 2. The Labute approximate surface area is 179 Å². The molecule has 0 radical (unpaired) electrons. The Morgan fingerprint density at radius 1 is 1.20 bits per heavy atom. The van der Waals surface area contributed by atoms with Gasteiger partial charge in [-0.05, 0) is 24.3 Å². The molecule has 0 aliphatic carbocycles. The number of non-ortho nitro benzene ring substituents is 1. The van der Waals surface area contributed by atoms with Gasteiger partial charge in [-0.25, -0.2) is 0 Å². The van der Waals surface area contributed by atoms with Crippen LogP contribution in [0.15, 0.2) is 52.1 Å². The molecule has 2 aromatic carbocycles. The van der Waals surface area contributed by atoms with E-state index in [-0.39, 0.29) is 39.2 Å². The van der Waals surface area contributed by atoms with Crippen molar-refractivity contribution < 1.29 is 18.9 Å². The van der Waals surface area contributed by atoms with Crippen molar-refractivity contribution in [3.63, 3.8) is 0 Å². The second kappa shape index (κ2) is 9.37. The van der Waals surface area contributed by atoms with Crippen LogP contribution in [0.4, 0.5) is 17.1 Å². The molecule has 2 amide bonds. The van der Waals surface area contributed by atoms with E-state index >= 15 is 0 Å². The van der Waals surface area contributed by atoms with E-state index in [9.17, 15) is 19.7 Å². The highest BCUT2D eigenvalue weighted by molar-refractivity contribution is 7.99. The fraction of sp³-hybridized carbons (Fsp3) is 0.111. The molecule has 1 heterocycles. The van der Waals surface area contributed by atoms with Gasteiger partial charge < -0.3 is 15.1 Å². The average Bonchev–Trinajstić information content (AvgIpc) is 3.17.